The molecule has 93 heavy (non-hydrogen) atoms. The Bertz CT molecular complexity index is 1650. The fourth-order valence-corrected chi connectivity index (χ4v) is 10.5. The van der Waals surface area contributed by atoms with Gasteiger partial charge < -0.3 is 63.1 Å². The van der Waals surface area contributed by atoms with Crippen LogP contribution in [0.4, 0.5) is 9.59 Å². The number of carboxylic acids is 1. The van der Waals surface area contributed by atoms with Gasteiger partial charge in [0, 0.05) is 32.5 Å². The van der Waals surface area contributed by atoms with E-state index in [2.05, 4.69) is 41.9 Å². The summed E-state index contributed by atoms with van der Waals surface area (Å²) >= 11 is 0. The minimum absolute atomic E-state index is 0.0399. The standard InChI is InChI=1S/C27H50O6.C22H40O5.C18H36O2.C4H6O4.C3H8O2/c1-3-5-7-8-9-10-11-12-13-14-15-16-17-18-19-20-25(28)30-23-27(32-21-6-4-2)24-31-26(29)22-33-27;1-2-3-4-5-6-7-8-9-10-11-12-13-14-15-16-17-21(23)25-18-20-19-26-22(24)27-20;1-2-3-4-5-6-7-8-9-10-11-12-13-14-15-16-17-18(19)20;5-1-3-2-7-4(6)8-3;4-2-1-3-5/h3-24H2,1-2H3;20H,2-19H2,1H3;2-17H2,1H3,(H,19,20);3,5H,1-2H2;4-5H,1-3H2. The Morgan fingerprint density at radius 3 is 1.00 bits per heavy atom. The second-order valence-electron chi connectivity index (χ2n) is 25.5. The summed E-state index contributed by atoms with van der Waals surface area (Å²) in [4.78, 5) is 66.1. The molecular weight excluding hydrogens is 1190 g/mol. The highest BCUT2D eigenvalue weighted by molar-refractivity contribution is 5.71. The van der Waals surface area contributed by atoms with Gasteiger partial charge in [0.2, 0.25) is 5.79 Å². The second-order valence-corrected chi connectivity index (χ2v) is 25.5. The predicted molar refractivity (Wildman–Crippen MR) is 367 cm³/mol. The van der Waals surface area contributed by atoms with Gasteiger partial charge in [-0.05, 0) is 32.1 Å². The van der Waals surface area contributed by atoms with Gasteiger partial charge in [-0.2, -0.15) is 0 Å². The van der Waals surface area contributed by atoms with E-state index < -0.39 is 42.2 Å². The maximum atomic E-state index is 12.1. The first kappa shape index (κ1) is 91.3. The topological polar surface area (TPSA) is 266 Å². The molecule has 550 valence electrons. The van der Waals surface area contributed by atoms with Crippen LogP contribution in [-0.4, -0.2) is 141 Å². The van der Waals surface area contributed by atoms with Gasteiger partial charge in [-0.1, -0.05) is 304 Å². The van der Waals surface area contributed by atoms with Gasteiger partial charge >= 0.3 is 36.2 Å². The number of unbranched alkanes of at least 4 members (excludes halogenated alkanes) is 43. The smallest absolute Gasteiger partial charge is 0.481 e. The zero-order valence-corrected chi connectivity index (χ0v) is 59.7. The third-order valence-corrected chi connectivity index (χ3v) is 16.4. The summed E-state index contributed by atoms with van der Waals surface area (Å²) < 4.78 is 45.0. The molecule has 3 rings (SSSR count). The Hall–Kier alpha value is -3.78. The molecule has 0 aromatic carbocycles. The van der Waals surface area contributed by atoms with Crippen LogP contribution in [-0.2, 0) is 61.8 Å². The average Bonchev–Trinajstić information content (AvgIpc) is 1.64. The number of carbonyl (C=O) groups is 6. The Labute approximate surface area is 565 Å². The largest absolute Gasteiger partial charge is 0.508 e. The van der Waals surface area contributed by atoms with Crippen molar-refractivity contribution in [3.8, 4) is 0 Å². The van der Waals surface area contributed by atoms with E-state index in [0.29, 0.717) is 32.3 Å². The van der Waals surface area contributed by atoms with Gasteiger partial charge in [0.25, 0.3) is 0 Å². The fourth-order valence-electron chi connectivity index (χ4n) is 10.5. The van der Waals surface area contributed by atoms with Crippen molar-refractivity contribution in [1.82, 2.24) is 0 Å². The number of hydrogen-bond acceptors (Lipinski definition) is 18. The fraction of sp³-hybridized carbons (Fsp3) is 0.919. The van der Waals surface area contributed by atoms with Crippen molar-refractivity contribution in [3.63, 3.8) is 0 Å². The van der Waals surface area contributed by atoms with E-state index in [4.69, 9.17) is 48.8 Å². The lowest BCUT2D eigenvalue weighted by Crippen LogP contribution is -2.51. The SMILES string of the molecule is CCCCCCCCCCCCCCCCCC(=O)O.CCCCCCCCCCCCCCCCCC(=O)OCC1(OCCCC)COC(=O)CO1.CCCCCCCCCCCCCCCCCC(=O)OCC1COC(=O)O1.O=C1OCC(CO)O1.OCCCO. The molecule has 0 aromatic heterocycles. The molecule has 3 saturated heterocycles. The molecule has 0 aliphatic carbocycles. The lowest BCUT2D eigenvalue weighted by atomic mass is 10.0. The van der Waals surface area contributed by atoms with Crippen LogP contribution in [0, 0.1) is 0 Å². The van der Waals surface area contributed by atoms with Gasteiger partial charge in [0.1, 0.15) is 39.6 Å². The minimum atomic E-state index is -1.16. The summed E-state index contributed by atoms with van der Waals surface area (Å²) in [5.41, 5.74) is 0. The predicted octanol–water partition coefficient (Wildman–Crippen LogP) is 18.4. The van der Waals surface area contributed by atoms with Crippen molar-refractivity contribution in [1.29, 1.82) is 0 Å². The maximum Gasteiger partial charge on any atom is 0.508 e. The van der Waals surface area contributed by atoms with E-state index in [1.54, 1.807) is 0 Å². The summed E-state index contributed by atoms with van der Waals surface area (Å²) in [6, 6.07) is 0. The number of cyclic esters (lactones) is 5. The maximum absolute atomic E-state index is 12.1. The van der Waals surface area contributed by atoms with Gasteiger partial charge in [0.05, 0.1) is 13.2 Å². The molecule has 3 heterocycles. The molecule has 19 nitrogen and oxygen atoms in total. The van der Waals surface area contributed by atoms with Crippen molar-refractivity contribution in [2.75, 3.05) is 66.1 Å². The third-order valence-electron chi connectivity index (χ3n) is 16.4. The molecule has 0 radical (unpaired) electrons. The molecule has 0 spiro atoms. The van der Waals surface area contributed by atoms with Crippen LogP contribution in [0.25, 0.3) is 0 Å². The summed E-state index contributed by atoms with van der Waals surface area (Å²) in [7, 11) is 0. The number of carboxylic acid groups (broad SMARTS) is 1. The summed E-state index contributed by atoms with van der Waals surface area (Å²) in [6.45, 7) is 9.56. The summed E-state index contributed by atoms with van der Waals surface area (Å²) in [6.07, 6.45) is 60.2. The highest BCUT2D eigenvalue weighted by Gasteiger charge is 2.40. The first-order chi connectivity index (χ1) is 45.3. The van der Waals surface area contributed by atoms with E-state index in [-0.39, 0.29) is 71.4 Å². The molecule has 0 saturated carbocycles. The van der Waals surface area contributed by atoms with Crippen LogP contribution < -0.4 is 0 Å². The molecule has 3 atom stereocenters. The molecule has 4 N–H and O–H groups in total. The molecule has 19 heteroatoms. The molecule has 0 bridgehead atoms. The molecule has 0 aromatic rings. The number of carbonyl (C=O) groups excluding carboxylic acids is 5. The van der Waals surface area contributed by atoms with Gasteiger partial charge in [-0.15, -0.1) is 0 Å². The van der Waals surface area contributed by atoms with E-state index in [9.17, 15) is 28.8 Å². The molecule has 3 aliphatic heterocycles. The molecule has 3 aliphatic rings. The van der Waals surface area contributed by atoms with Crippen LogP contribution in [0.15, 0.2) is 0 Å². The Balaban J connectivity index is 0. The molecule has 3 unspecified atom stereocenters. The number of aliphatic hydroxyl groups excluding tert-OH is 3. The normalized spacial score (nSPS) is 16.3. The molecule has 3 fully saturated rings. The highest BCUT2D eigenvalue weighted by atomic mass is 16.8. The summed E-state index contributed by atoms with van der Waals surface area (Å²) in [5, 5.41) is 32.7. The van der Waals surface area contributed by atoms with E-state index in [1.165, 1.54) is 250 Å². The monoisotopic (exact) mass is 1330 g/mol. The van der Waals surface area contributed by atoms with Crippen molar-refractivity contribution in [2.45, 2.75) is 373 Å². The van der Waals surface area contributed by atoms with E-state index in [1.807, 2.05) is 0 Å². The third kappa shape index (κ3) is 68.0. The zero-order chi connectivity index (χ0) is 68.6. The van der Waals surface area contributed by atoms with Gasteiger partial charge in [-0.25, -0.2) is 14.4 Å². The quantitative estimate of drug-likeness (QED) is 0.0250. The zero-order valence-electron chi connectivity index (χ0n) is 59.7. The number of ether oxygens (including phenoxy) is 9. The van der Waals surface area contributed by atoms with Gasteiger partial charge in [-0.3, -0.25) is 14.4 Å². The van der Waals surface area contributed by atoms with E-state index in [0.717, 1.165) is 51.4 Å². The van der Waals surface area contributed by atoms with Crippen molar-refractivity contribution < 1.29 is 91.8 Å². The first-order valence-corrected chi connectivity index (χ1v) is 37.8. The van der Waals surface area contributed by atoms with Crippen molar-refractivity contribution in [2.24, 2.45) is 0 Å². The molecular formula is C74H140O19. The number of esters is 3. The number of aliphatic hydroxyl groups is 3. The number of aliphatic carboxylic acids is 1. The lowest BCUT2D eigenvalue weighted by molar-refractivity contribution is -0.295. The Kier molecular flexibility index (Phi) is 71.1. The van der Waals surface area contributed by atoms with Crippen LogP contribution in [0.3, 0.4) is 0 Å². The average molecular weight is 1330 g/mol. The van der Waals surface area contributed by atoms with Gasteiger partial charge in [0.15, 0.2) is 12.2 Å². The summed E-state index contributed by atoms with van der Waals surface area (Å²) in [5.74, 6) is -2.70. The number of hydrogen-bond donors (Lipinski definition) is 4. The second kappa shape index (κ2) is 72.5. The first-order valence-electron chi connectivity index (χ1n) is 37.8. The van der Waals surface area contributed by atoms with Crippen molar-refractivity contribution in [3.05, 3.63) is 0 Å². The van der Waals surface area contributed by atoms with Crippen LogP contribution >= 0.6 is 0 Å². The Morgan fingerprint density at radius 1 is 0.409 bits per heavy atom. The van der Waals surface area contributed by atoms with Crippen LogP contribution in [0.2, 0.25) is 0 Å². The van der Waals surface area contributed by atoms with E-state index >= 15 is 0 Å². The van der Waals surface area contributed by atoms with Crippen molar-refractivity contribution >= 4 is 36.2 Å². The minimum Gasteiger partial charge on any atom is -0.481 e. The highest BCUT2D eigenvalue weighted by Crippen LogP contribution is 2.22. The lowest BCUT2D eigenvalue weighted by Gasteiger charge is -2.35. The van der Waals surface area contributed by atoms with Crippen LogP contribution in [0.1, 0.15) is 355 Å². The number of rotatable bonds is 59. The molecule has 0 amide bonds. The Morgan fingerprint density at radius 2 is 0.731 bits per heavy atom. The van der Waals surface area contributed by atoms with Crippen LogP contribution in [0.5, 0.6) is 0 Å².